The fourth-order valence-corrected chi connectivity index (χ4v) is 3.69. The lowest BCUT2D eigenvalue weighted by Gasteiger charge is -2.22. The van der Waals surface area contributed by atoms with Crippen LogP contribution in [0, 0.1) is 10.1 Å². The van der Waals surface area contributed by atoms with Crippen LogP contribution in [-0.4, -0.2) is 41.4 Å². The number of hydrazone groups is 1. The summed E-state index contributed by atoms with van der Waals surface area (Å²) in [6.07, 6.45) is 0.519. The Morgan fingerprint density at radius 2 is 1.89 bits per heavy atom. The normalized spacial score (nSPS) is 12.2. The van der Waals surface area contributed by atoms with E-state index in [1.165, 1.54) is 18.3 Å². The van der Waals surface area contributed by atoms with Crippen LogP contribution in [0.2, 0.25) is 0 Å². The molecule has 0 bridgehead atoms. The Labute approximate surface area is 227 Å². The Bertz CT molecular complexity index is 1300. The number of carbonyl (C=O) groups excluding carboxylic acids is 2. The number of rotatable bonds is 10. The molecule has 0 aliphatic rings. The van der Waals surface area contributed by atoms with Crippen LogP contribution in [0.15, 0.2) is 74.7 Å². The van der Waals surface area contributed by atoms with Gasteiger partial charge in [-0.15, -0.1) is 0 Å². The first-order valence-electron chi connectivity index (χ1n) is 11.5. The molecule has 1 aromatic heterocycles. The highest BCUT2D eigenvalue weighted by molar-refractivity contribution is 9.10. The van der Waals surface area contributed by atoms with E-state index < -0.39 is 28.6 Å². The average Bonchev–Trinajstić information content (AvgIpc) is 3.31. The van der Waals surface area contributed by atoms with E-state index in [-0.39, 0.29) is 18.9 Å². The lowest BCUT2D eigenvalue weighted by atomic mass is 10.1. The smallest absolute Gasteiger partial charge is 0.408 e. The van der Waals surface area contributed by atoms with Gasteiger partial charge in [0.15, 0.2) is 0 Å². The fourth-order valence-electron chi connectivity index (χ4n) is 3.12. The Balaban J connectivity index is 1.63. The van der Waals surface area contributed by atoms with Gasteiger partial charge in [0.1, 0.15) is 23.2 Å². The summed E-state index contributed by atoms with van der Waals surface area (Å²) in [6.45, 7) is 5.27. The number of halogens is 1. The second-order valence-electron chi connectivity index (χ2n) is 9.06. The molecule has 2 amide bonds. The third-order valence-electron chi connectivity index (χ3n) is 4.83. The van der Waals surface area contributed by atoms with Crippen molar-refractivity contribution in [2.45, 2.75) is 39.0 Å². The van der Waals surface area contributed by atoms with Crippen molar-refractivity contribution in [3.63, 3.8) is 0 Å². The topological polar surface area (TPSA) is 145 Å². The summed E-state index contributed by atoms with van der Waals surface area (Å²) in [7, 11) is 0. The molecular weight excluding hydrogens is 560 g/mol. The predicted molar refractivity (Wildman–Crippen MR) is 143 cm³/mol. The Morgan fingerprint density at radius 1 is 1.16 bits per heavy atom. The van der Waals surface area contributed by atoms with E-state index in [0.29, 0.717) is 21.6 Å². The largest absolute Gasteiger partial charge is 0.455 e. The fraction of sp³-hybridized carbons (Fsp3) is 0.269. The lowest BCUT2D eigenvalue weighted by Crippen LogP contribution is -2.49. The molecule has 0 saturated heterocycles. The van der Waals surface area contributed by atoms with Gasteiger partial charge in [-0.3, -0.25) is 14.9 Å². The summed E-state index contributed by atoms with van der Waals surface area (Å²) < 4.78 is 17.1. The summed E-state index contributed by atoms with van der Waals surface area (Å²) in [5.74, 6) is 0.144. The number of ether oxygens (including phenoxy) is 2. The van der Waals surface area contributed by atoms with Crippen LogP contribution >= 0.6 is 15.9 Å². The van der Waals surface area contributed by atoms with Crippen molar-refractivity contribution >= 4 is 39.8 Å². The molecule has 0 fully saturated rings. The summed E-state index contributed by atoms with van der Waals surface area (Å²) in [6, 6.07) is 15.9. The molecule has 0 spiro atoms. The number of benzene rings is 2. The number of furan rings is 1. The van der Waals surface area contributed by atoms with Gasteiger partial charge < -0.3 is 19.2 Å². The minimum Gasteiger partial charge on any atom is -0.455 e. The molecule has 11 nitrogen and oxygen atoms in total. The highest BCUT2D eigenvalue weighted by atomic mass is 79.9. The quantitative estimate of drug-likeness (QED) is 0.189. The van der Waals surface area contributed by atoms with Crippen molar-refractivity contribution in [2.75, 3.05) is 6.61 Å². The maximum atomic E-state index is 12.8. The van der Waals surface area contributed by atoms with E-state index in [0.717, 1.165) is 5.56 Å². The molecule has 12 heteroatoms. The van der Waals surface area contributed by atoms with Gasteiger partial charge >= 0.3 is 6.09 Å². The number of nitro groups is 1. The van der Waals surface area contributed by atoms with Crippen molar-refractivity contribution in [1.82, 2.24) is 10.7 Å². The zero-order chi connectivity index (χ0) is 27.7. The van der Waals surface area contributed by atoms with Gasteiger partial charge in [-0.05, 0) is 60.5 Å². The minimum atomic E-state index is -1.08. The summed E-state index contributed by atoms with van der Waals surface area (Å²) in [5, 5.41) is 17.4. The first-order chi connectivity index (χ1) is 18.0. The molecule has 0 unspecified atom stereocenters. The van der Waals surface area contributed by atoms with Gasteiger partial charge in [-0.1, -0.05) is 30.3 Å². The maximum Gasteiger partial charge on any atom is 0.408 e. The monoisotopic (exact) mass is 586 g/mol. The molecule has 3 aromatic rings. The third-order valence-corrected chi connectivity index (χ3v) is 5.48. The summed E-state index contributed by atoms with van der Waals surface area (Å²) >= 11 is 3.31. The van der Waals surface area contributed by atoms with Gasteiger partial charge in [0, 0.05) is 22.2 Å². The van der Waals surface area contributed by atoms with Crippen LogP contribution in [0.1, 0.15) is 32.1 Å². The molecule has 3 rings (SSSR count). The molecule has 2 aromatic carbocycles. The van der Waals surface area contributed by atoms with Crippen LogP contribution in [-0.2, 0) is 20.9 Å². The molecule has 2 N–H and O–H groups in total. The summed E-state index contributed by atoms with van der Waals surface area (Å²) in [5.41, 5.74) is 3.08. The van der Waals surface area contributed by atoms with Crippen molar-refractivity contribution in [3.8, 4) is 11.3 Å². The standard InChI is InChI=1S/C26H27BrN4O7/c1-26(2,3)38-25(33)29-22(16-36-15-17-7-5-4-6-8-17)24(32)30-28-14-19-10-12-23(37-19)20-11-9-18(31(34)35)13-21(20)27/h4-14,22H,15-16H2,1-3H3,(H,29,33)(H,30,32)/b28-14-/t22-/m0/s1. The average molecular weight is 587 g/mol. The number of hydrogen-bond donors (Lipinski definition) is 2. The minimum absolute atomic E-state index is 0.0565. The number of alkyl carbamates (subject to hydrolysis) is 1. The van der Waals surface area contributed by atoms with Crippen LogP contribution in [0.4, 0.5) is 10.5 Å². The zero-order valence-corrected chi connectivity index (χ0v) is 22.6. The molecule has 0 aliphatic heterocycles. The molecule has 200 valence electrons. The van der Waals surface area contributed by atoms with Gasteiger partial charge in [0.25, 0.3) is 11.6 Å². The Hall–Kier alpha value is -4.03. The van der Waals surface area contributed by atoms with E-state index in [2.05, 4.69) is 31.8 Å². The predicted octanol–water partition coefficient (Wildman–Crippen LogP) is 5.18. The van der Waals surface area contributed by atoms with Crippen molar-refractivity contribution in [1.29, 1.82) is 0 Å². The van der Waals surface area contributed by atoms with E-state index in [1.54, 1.807) is 39.0 Å². The number of hydrogen-bond acceptors (Lipinski definition) is 8. The van der Waals surface area contributed by atoms with Crippen LogP contribution in [0.3, 0.4) is 0 Å². The molecule has 1 atom stereocenters. The molecular formula is C26H27BrN4O7. The second kappa shape index (κ2) is 13.0. The van der Waals surface area contributed by atoms with Gasteiger partial charge in [-0.2, -0.15) is 5.10 Å². The first kappa shape index (κ1) is 28.5. The lowest BCUT2D eigenvalue weighted by molar-refractivity contribution is -0.384. The van der Waals surface area contributed by atoms with E-state index in [4.69, 9.17) is 13.9 Å². The molecule has 0 aliphatic carbocycles. The number of nitrogens with one attached hydrogen (secondary N) is 2. The SMILES string of the molecule is CC(C)(C)OC(=O)N[C@@H](COCc1ccccc1)C(=O)N/N=C\c1ccc(-c2ccc([N+](=O)[O-])cc2Br)o1. The second-order valence-corrected chi connectivity index (χ2v) is 9.91. The number of carbonyl (C=O) groups is 2. The van der Waals surface area contributed by atoms with E-state index >= 15 is 0 Å². The Morgan fingerprint density at radius 3 is 2.55 bits per heavy atom. The van der Waals surface area contributed by atoms with E-state index in [9.17, 15) is 19.7 Å². The number of nitrogens with zero attached hydrogens (tertiary/aromatic N) is 2. The van der Waals surface area contributed by atoms with Crippen LogP contribution in [0.25, 0.3) is 11.3 Å². The molecule has 0 saturated carbocycles. The number of non-ortho nitro benzene ring substituents is 1. The highest BCUT2D eigenvalue weighted by Crippen LogP contribution is 2.32. The summed E-state index contributed by atoms with van der Waals surface area (Å²) in [4.78, 5) is 35.5. The molecule has 0 radical (unpaired) electrons. The Kier molecular flexibility index (Phi) is 9.74. The van der Waals surface area contributed by atoms with E-state index in [1.807, 2.05) is 30.3 Å². The first-order valence-corrected chi connectivity index (χ1v) is 12.3. The van der Waals surface area contributed by atoms with Gasteiger partial charge in [0.2, 0.25) is 0 Å². The highest BCUT2D eigenvalue weighted by Gasteiger charge is 2.24. The van der Waals surface area contributed by atoms with Crippen LogP contribution < -0.4 is 10.7 Å². The van der Waals surface area contributed by atoms with Crippen molar-refractivity contribution in [2.24, 2.45) is 5.10 Å². The third kappa shape index (κ3) is 8.82. The molecule has 1 heterocycles. The number of amides is 2. The van der Waals surface area contributed by atoms with Crippen molar-refractivity contribution < 1.29 is 28.4 Å². The molecule has 38 heavy (non-hydrogen) atoms. The van der Waals surface area contributed by atoms with Gasteiger partial charge in [0.05, 0.1) is 24.4 Å². The zero-order valence-electron chi connectivity index (χ0n) is 21.0. The maximum absolute atomic E-state index is 12.8. The van der Waals surface area contributed by atoms with Gasteiger partial charge in [-0.25, -0.2) is 10.2 Å². The van der Waals surface area contributed by atoms with Crippen molar-refractivity contribution in [3.05, 3.63) is 86.6 Å². The van der Waals surface area contributed by atoms with Crippen LogP contribution in [0.5, 0.6) is 0 Å². The number of nitro benzene ring substituents is 1.